The second-order valence-corrected chi connectivity index (χ2v) is 5.51. The Kier molecular flexibility index (Phi) is 4.21. The first-order valence-electron chi connectivity index (χ1n) is 5.48. The van der Waals surface area contributed by atoms with Gasteiger partial charge in [-0.1, -0.05) is 20.8 Å². The van der Waals surface area contributed by atoms with Crippen molar-refractivity contribution in [2.24, 2.45) is 18.4 Å². The molecule has 0 fully saturated rings. The highest BCUT2D eigenvalue weighted by molar-refractivity contribution is 6.18. The molecule has 0 bridgehead atoms. The van der Waals surface area contributed by atoms with Gasteiger partial charge < -0.3 is 0 Å². The third kappa shape index (κ3) is 3.53. The fourth-order valence-corrected chi connectivity index (χ4v) is 2.33. The predicted octanol–water partition coefficient (Wildman–Crippen LogP) is 3.25. The lowest BCUT2D eigenvalue weighted by Crippen LogP contribution is -2.22. The van der Waals surface area contributed by atoms with Gasteiger partial charge in [0.1, 0.15) is 0 Å². The van der Waals surface area contributed by atoms with Gasteiger partial charge >= 0.3 is 0 Å². The largest absolute Gasteiger partial charge is 0.273 e. The van der Waals surface area contributed by atoms with Crippen LogP contribution in [-0.2, 0) is 13.5 Å². The van der Waals surface area contributed by atoms with Crippen LogP contribution >= 0.6 is 11.6 Å². The van der Waals surface area contributed by atoms with Crippen LogP contribution < -0.4 is 0 Å². The van der Waals surface area contributed by atoms with E-state index in [9.17, 15) is 0 Å². The minimum atomic E-state index is 0.292. The van der Waals surface area contributed by atoms with Crippen molar-refractivity contribution < 1.29 is 0 Å². The zero-order valence-corrected chi connectivity index (χ0v) is 10.9. The van der Waals surface area contributed by atoms with Gasteiger partial charge in [-0.25, -0.2) is 0 Å². The third-order valence-electron chi connectivity index (χ3n) is 3.08. The van der Waals surface area contributed by atoms with E-state index in [0.717, 1.165) is 18.7 Å². The molecule has 0 saturated heterocycles. The first-order chi connectivity index (χ1) is 6.95. The first-order valence-corrected chi connectivity index (χ1v) is 6.01. The Hall–Kier alpha value is -0.500. The molecular weight excluding hydrogens is 208 g/mol. The van der Waals surface area contributed by atoms with Crippen molar-refractivity contribution in [2.75, 3.05) is 5.88 Å². The summed E-state index contributed by atoms with van der Waals surface area (Å²) >= 11 is 6.01. The van der Waals surface area contributed by atoms with E-state index in [0.29, 0.717) is 11.3 Å². The Morgan fingerprint density at radius 1 is 1.47 bits per heavy atom. The minimum Gasteiger partial charge on any atom is -0.273 e. The van der Waals surface area contributed by atoms with Crippen LogP contribution in [0, 0.1) is 11.3 Å². The summed E-state index contributed by atoms with van der Waals surface area (Å²) in [6.07, 6.45) is 4.04. The summed E-state index contributed by atoms with van der Waals surface area (Å²) in [6.45, 7) is 6.76. The van der Waals surface area contributed by atoms with Gasteiger partial charge in [0.25, 0.3) is 0 Å². The molecule has 3 heteroatoms. The number of hydrogen-bond donors (Lipinski definition) is 0. The zero-order chi connectivity index (χ0) is 11.5. The van der Waals surface area contributed by atoms with E-state index < -0.39 is 0 Å². The van der Waals surface area contributed by atoms with E-state index in [-0.39, 0.29) is 0 Å². The molecule has 0 aliphatic carbocycles. The molecule has 1 aromatic rings. The van der Waals surface area contributed by atoms with Crippen LogP contribution in [0.5, 0.6) is 0 Å². The molecule has 0 N–H and O–H groups in total. The molecule has 1 heterocycles. The standard InChI is InChI=1S/C12H21ClN2/c1-12(2,3)10(9-13)5-6-11-7-8-14-15(11)4/h7-8,10H,5-6,9H2,1-4H3. The van der Waals surface area contributed by atoms with Gasteiger partial charge in [-0.2, -0.15) is 5.10 Å². The first kappa shape index (κ1) is 12.6. The average molecular weight is 229 g/mol. The summed E-state index contributed by atoms with van der Waals surface area (Å²) in [7, 11) is 1.99. The monoisotopic (exact) mass is 228 g/mol. The average Bonchev–Trinajstić information content (AvgIpc) is 2.50. The molecule has 0 aliphatic heterocycles. The number of rotatable bonds is 4. The van der Waals surface area contributed by atoms with Crippen molar-refractivity contribution in [1.82, 2.24) is 9.78 Å². The summed E-state index contributed by atoms with van der Waals surface area (Å²) in [5.74, 6) is 1.30. The smallest absolute Gasteiger partial charge is 0.0492 e. The molecule has 0 radical (unpaired) electrons. The van der Waals surface area contributed by atoms with Crippen LogP contribution in [0.25, 0.3) is 0 Å². The molecule has 1 atom stereocenters. The Morgan fingerprint density at radius 2 is 2.13 bits per heavy atom. The molecule has 0 amide bonds. The summed E-state index contributed by atoms with van der Waals surface area (Å²) in [5, 5.41) is 4.17. The topological polar surface area (TPSA) is 17.8 Å². The van der Waals surface area contributed by atoms with Gasteiger partial charge in [0.2, 0.25) is 0 Å². The molecule has 1 rings (SSSR count). The van der Waals surface area contributed by atoms with Crippen LogP contribution in [0.1, 0.15) is 32.9 Å². The number of alkyl halides is 1. The number of aromatic nitrogens is 2. The van der Waals surface area contributed by atoms with Crippen molar-refractivity contribution in [1.29, 1.82) is 0 Å². The lowest BCUT2D eigenvalue weighted by Gasteiger charge is -2.28. The van der Waals surface area contributed by atoms with Gasteiger partial charge in [0.05, 0.1) is 0 Å². The predicted molar refractivity (Wildman–Crippen MR) is 65.2 cm³/mol. The highest BCUT2D eigenvalue weighted by Gasteiger charge is 2.23. The minimum absolute atomic E-state index is 0.292. The molecule has 1 aromatic heterocycles. The van der Waals surface area contributed by atoms with Gasteiger partial charge in [0, 0.05) is 24.8 Å². The van der Waals surface area contributed by atoms with Gasteiger partial charge in [-0.15, -0.1) is 11.6 Å². The zero-order valence-electron chi connectivity index (χ0n) is 10.1. The van der Waals surface area contributed by atoms with E-state index in [1.54, 1.807) is 0 Å². The second-order valence-electron chi connectivity index (χ2n) is 5.20. The molecule has 0 aromatic carbocycles. The Labute approximate surface area is 97.6 Å². The van der Waals surface area contributed by atoms with Crippen molar-refractivity contribution in [2.45, 2.75) is 33.6 Å². The van der Waals surface area contributed by atoms with Crippen molar-refractivity contribution in [3.05, 3.63) is 18.0 Å². The normalized spacial score (nSPS) is 14.2. The van der Waals surface area contributed by atoms with Crippen LogP contribution in [0.3, 0.4) is 0 Å². The highest BCUT2D eigenvalue weighted by Crippen LogP contribution is 2.30. The highest BCUT2D eigenvalue weighted by atomic mass is 35.5. The van der Waals surface area contributed by atoms with E-state index >= 15 is 0 Å². The Morgan fingerprint density at radius 3 is 2.53 bits per heavy atom. The second kappa shape index (κ2) is 5.02. The molecule has 15 heavy (non-hydrogen) atoms. The molecule has 2 nitrogen and oxygen atoms in total. The van der Waals surface area contributed by atoms with Crippen molar-refractivity contribution in [3.8, 4) is 0 Å². The number of aryl methyl sites for hydroxylation is 2. The Balaban J connectivity index is 2.52. The maximum absolute atomic E-state index is 6.01. The van der Waals surface area contributed by atoms with Crippen molar-refractivity contribution in [3.63, 3.8) is 0 Å². The summed E-state index contributed by atoms with van der Waals surface area (Å²) in [5.41, 5.74) is 1.58. The number of hydrogen-bond acceptors (Lipinski definition) is 1. The van der Waals surface area contributed by atoms with Crippen LogP contribution in [0.2, 0.25) is 0 Å². The summed E-state index contributed by atoms with van der Waals surface area (Å²) in [4.78, 5) is 0. The van der Waals surface area contributed by atoms with E-state index in [4.69, 9.17) is 11.6 Å². The van der Waals surface area contributed by atoms with Crippen LogP contribution in [0.15, 0.2) is 12.3 Å². The van der Waals surface area contributed by atoms with Crippen LogP contribution in [-0.4, -0.2) is 15.7 Å². The molecule has 0 spiro atoms. The fourth-order valence-electron chi connectivity index (χ4n) is 1.71. The van der Waals surface area contributed by atoms with Gasteiger partial charge in [-0.3, -0.25) is 4.68 Å². The SMILES string of the molecule is Cn1nccc1CCC(CCl)C(C)(C)C. The molecule has 1 unspecified atom stereocenters. The van der Waals surface area contributed by atoms with E-state index in [1.165, 1.54) is 5.69 Å². The van der Waals surface area contributed by atoms with Crippen molar-refractivity contribution >= 4 is 11.6 Å². The molecular formula is C12H21ClN2. The van der Waals surface area contributed by atoms with E-state index in [2.05, 4.69) is 31.9 Å². The molecule has 0 aliphatic rings. The van der Waals surface area contributed by atoms with Gasteiger partial charge in [0.15, 0.2) is 0 Å². The van der Waals surface area contributed by atoms with Gasteiger partial charge in [-0.05, 0) is 30.2 Å². The Bertz CT molecular complexity index is 299. The number of halogens is 1. The summed E-state index contributed by atoms with van der Waals surface area (Å²) < 4.78 is 1.94. The lowest BCUT2D eigenvalue weighted by atomic mass is 9.79. The lowest BCUT2D eigenvalue weighted by molar-refractivity contribution is 0.249. The molecule has 0 saturated carbocycles. The molecule has 86 valence electrons. The van der Waals surface area contributed by atoms with E-state index in [1.807, 2.05) is 17.9 Å². The quantitative estimate of drug-likeness (QED) is 0.724. The number of nitrogens with zero attached hydrogens (tertiary/aromatic N) is 2. The maximum Gasteiger partial charge on any atom is 0.0492 e. The fraction of sp³-hybridized carbons (Fsp3) is 0.750. The van der Waals surface area contributed by atoms with Crippen LogP contribution in [0.4, 0.5) is 0 Å². The third-order valence-corrected chi connectivity index (χ3v) is 3.45. The maximum atomic E-state index is 6.01. The summed E-state index contributed by atoms with van der Waals surface area (Å²) in [6, 6.07) is 2.08.